The Balaban J connectivity index is 1.34. The quantitative estimate of drug-likeness (QED) is 0.375. The zero-order chi connectivity index (χ0) is 24.4. The summed E-state index contributed by atoms with van der Waals surface area (Å²) in [6.07, 6.45) is 0.622. The molecule has 1 saturated heterocycles. The van der Waals surface area contributed by atoms with Gasteiger partial charge < -0.3 is 21.3 Å². The van der Waals surface area contributed by atoms with Crippen LogP contribution in [0, 0.1) is 12.7 Å². The number of nitrogens with zero attached hydrogens (tertiary/aromatic N) is 2. The summed E-state index contributed by atoms with van der Waals surface area (Å²) < 4.78 is 14.7. The van der Waals surface area contributed by atoms with E-state index in [0.29, 0.717) is 29.1 Å². The zero-order valence-electron chi connectivity index (χ0n) is 19.6. The monoisotopic (exact) mass is 489 g/mol. The molecule has 5 rings (SSSR count). The van der Waals surface area contributed by atoms with Crippen LogP contribution in [0.5, 0.6) is 0 Å². The van der Waals surface area contributed by atoms with E-state index in [0.717, 1.165) is 58.9 Å². The Bertz CT molecular complexity index is 1380. The van der Waals surface area contributed by atoms with E-state index in [2.05, 4.69) is 32.7 Å². The van der Waals surface area contributed by atoms with Crippen molar-refractivity contribution in [3.8, 4) is 11.1 Å². The minimum absolute atomic E-state index is 0.199. The summed E-state index contributed by atoms with van der Waals surface area (Å²) in [4.78, 5) is 20.9. The first-order chi connectivity index (χ1) is 17.0. The number of carbonyl (C=O) groups is 1. The van der Waals surface area contributed by atoms with Gasteiger partial charge in [0, 0.05) is 60.6 Å². The van der Waals surface area contributed by atoms with Crippen LogP contribution in [0.25, 0.3) is 21.3 Å². The highest BCUT2D eigenvalue weighted by Crippen LogP contribution is 2.34. The maximum Gasteiger partial charge on any atom is 0.263 e. The van der Waals surface area contributed by atoms with Gasteiger partial charge in [0.05, 0.1) is 5.69 Å². The average Bonchev–Trinajstić information content (AvgIpc) is 3.20. The van der Waals surface area contributed by atoms with Crippen molar-refractivity contribution >= 4 is 38.8 Å². The van der Waals surface area contributed by atoms with Crippen LogP contribution in [0.2, 0.25) is 0 Å². The second kappa shape index (κ2) is 10.0. The van der Waals surface area contributed by atoms with Crippen LogP contribution in [0.4, 0.5) is 15.8 Å². The van der Waals surface area contributed by atoms with Crippen molar-refractivity contribution in [1.82, 2.24) is 15.6 Å². The van der Waals surface area contributed by atoms with Crippen LogP contribution in [-0.4, -0.2) is 43.6 Å². The molecule has 4 N–H and O–H groups in total. The summed E-state index contributed by atoms with van der Waals surface area (Å²) in [5, 5.41) is 7.16. The lowest BCUT2D eigenvalue weighted by atomic mass is 9.98. The number of carbonyl (C=O) groups excluding carboxylic acids is 1. The molecule has 0 spiro atoms. The summed E-state index contributed by atoms with van der Waals surface area (Å²) in [5.74, 6) is -0.437. The lowest BCUT2D eigenvalue weighted by Crippen LogP contribution is -2.43. The Labute approximate surface area is 208 Å². The van der Waals surface area contributed by atoms with Crippen LogP contribution in [-0.2, 0) is 6.42 Å². The number of rotatable bonds is 6. The average molecular weight is 490 g/mol. The van der Waals surface area contributed by atoms with Gasteiger partial charge in [0.25, 0.3) is 5.91 Å². The van der Waals surface area contributed by atoms with Crippen LogP contribution < -0.4 is 21.3 Å². The molecule has 0 bridgehead atoms. The van der Waals surface area contributed by atoms with Gasteiger partial charge in [0.15, 0.2) is 0 Å². The standard InChI is InChI=1S/C27H28FN5OS/c1-17-6-8-20-24(29)25(35-27(20)32-17)26(34)31-11-10-18-7-9-23(33-14-12-30-13-15-33)21(16-18)19-4-2-3-5-22(19)28/h2-9,16,30H,10-15,29H2,1H3,(H,31,34). The maximum absolute atomic E-state index is 14.7. The Morgan fingerprint density at radius 2 is 1.94 bits per heavy atom. The molecule has 8 heteroatoms. The summed E-state index contributed by atoms with van der Waals surface area (Å²) in [6.45, 7) is 5.92. The molecule has 0 aliphatic carbocycles. The normalized spacial score (nSPS) is 13.8. The third-order valence-corrected chi connectivity index (χ3v) is 7.44. The van der Waals surface area contributed by atoms with Gasteiger partial charge in [-0.2, -0.15) is 0 Å². The molecule has 180 valence electrons. The molecule has 1 aliphatic rings. The highest BCUT2D eigenvalue weighted by Gasteiger charge is 2.19. The van der Waals surface area contributed by atoms with E-state index in [1.165, 1.54) is 17.4 Å². The molecule has 1 amide bonds. The molecule has 4 aromatic rings. The minimum Gasteiger partial charge on any atom is -0.397 e. The Morgan fingerprint density at radius 3 is 2.74 bits per heavy atom. The van der Waals surface area contributed by atoms with Gasteiger partial charge in [0.1, 0.15) is 15.5 Å². The number of nitrogens with one attached hydrogen (secondary N) is 2. The van der Waals surface area contributed by atoms with Crippen molar-refractivity contribution in [3.63, 3.8) is 0 Å². The molecule has 1 aliphatic heterocycles. The van der Waals surface area contributed by atoms with E-state index in [4.69, 9.17) is 5.73 Å². The summed E-state index contributed by atoms with van der Waals surface area (Å²) in [6, 6.07) is 16.9. The number of thiophene rings is 1. The minimum atomic E-state index is -0.238. The molecule has 2 aromatic heterocycles. The molecule has 6 nitrogen and oxygen atoms in total. The molecule has 35 heavy (non-hydrogen) atoms. The number of pyridine rings is 1. The number of amides is 1. The number of nitrogen functional groups attached to an aromatic ring is 1. The predicted molar refractivity (Wildman–Crippen MR) is 142 cm³/mol. The fourth-order valence-corrected chi connectivity index (χ4v) is 5.53. The largest absolute Gasteiger partial charge is 0.397 e. The van der Waals surface area contributed by atoms with E-state index in [9.17, 15) is 9.18 Å². The molecule has 2 aromatic carbocycles. The topological polar surface area (TPSA) is 83.3 Å². The summed E-state index contributed by atoms with van der Waals surface area (Å²) in [7, 11) is 0. The Kier molecular flexibility index (Phi) is 6.66. The lowest BCUT2D eigenvalue weighted by molar-refractivity contribution is 0.0959. The van der Waals surface area contributed by atoms with Gasteiger partial charge >= 0.3 is 0 Å². The highest BCUT2D eigenvalue weighted by atomic mass is 32.1. The van der Waals surface area contributed by atoms with Crippen LogP contribution >= 0.6 is 11.3 Å². The van der Waals surface area contributed by atoms with Crippen LogP contribution in [0.1, 0.15) is 20.9 Å². The van der Waals surface area contributed by atoms with Crippen LogP contribution in [0.3, 0.4) is 0 Å². The summed E-state index contributed by atoms with van der Waals surface area (Å²) >= 11 is 1.31. The number of anilines is 2. The first-order valence-electron chi connectivity index (χ1n) is 11.8. The van der Waals surface area contributed by atoms with Crippen molar-refractivity contribution in [2.24, 2.45) is 0 Å². The van der Waals surface area contributed by atoms with Crippen LogP contribution in [0.15, 0.2) is 54.6 Å². The number of halogens is 1. The van der Waals surface area contributed by atoms with E-state index < -0.39 is 0 Å². The molecular weight excluding hydrogens is 461 g/mol. The zero-order valence-corrected chi connectivity index (χ0v) is 20.4. The molecular formula is C27H28FN5OS. The summed E-state index contributed by atoms with van der Waals surface area (Å²) in [5.41, 5.74) is 11.1. The Morgan fingerprint density at radius 1 is 1.14 bits per heavy atom. The van der Waals surface area contributed by atoms with Gasteiger partial charge in [-0.3, -0.25) is 4.79 Å². The molecule has 0 atom stereocenters. The molecule has 1 fully saturated rings. The lowest BCUT2D eigenvalue weighted by Gasteiger charge is -2.31. The van der Waals surface area contributed by atoms with Crippen molar-refractivity contribution in [3.05, 3.63) is 76.5 Å². The SMILES string of the molecule is Cc1ccc2c(N)c(C(=O)NCCc3ccc(N4CCNCC4)c(-c4ccccc4F)c3)sc2n1. The number of aromatic nitrogens is 1. The van der Waals surface area contributed by atoms with Gasteiger partial charge in [-0.25, -0.2) is 9.37 Å². The fraction of sp³-hybridized carbons (Fsp3) is 0.259. The van der Waals surface area contributed by atoms with Crippen molar-refractivity contribution < 1.29 is 9.18 Å². The number of nitrogens with two attached hydrogens (primary N) is 1. The fourth-order valence-electron chi connectivity index (χ4n) is 4.47. The first kappa shape index (κ1) is 23.3. The van der Waals surface area contributed by atoms with E-state index >= 15 is 0 Å². The van der Waals surface area contributed by atoms with Crippen molar-refractivity contribution in [2.75, 3.05) is 43.4 Å². The van der Waals surface area contributed by atoms with Crippen molar-refractivity contribution in [1.29, 1.82) is 0 Å². The molecule has 0 saturated carbocycles. The highest BCUT2D eigenvalue weighted by molar-refractivity contribution is 7.21. The third-order valence-electron chi connectivity index (χ3n) is 6.32. The van der Waals surface area contributed by atoms with Crippen molar-refractivity contribution in [2.45, 2.75) is 13.3 Å². The maximum atomic E-state index is 14.7. The smallest absolute Gasteiger partial charge is 0.263 e. The van der Waals surface area contributed by atoms with Gasteiger partial charge in [0.2, 0.25) is 0 Å². The number of hydrogen-bond acceptors (Lipinski definition) is 6. The van der Waals surface area contributed by atoms with Gasteiger partial charge in [-0.05, 0) is 49.2 Å². The molecule has 0 unspecified atom stereocenters. The molecule has 3 heterocycles. The first-order valence-corrected chi connectivity index (χ1v) is 12.6. The van der Waals surface area contributed by atoms with E-state index in [1.54, 1.807) is 6.07 Å². The van der Waals surface area contributed by atoms with E-state index in [1.807, 2.05) is 37.3 Å². The number of fused-ring (bicyclic) bond motifs is 1. The number of hydrogen-bond donors (Lipinski definition) is 3. The number of benzene rings is 2. The Hall–Kier alpha value is -3.49. The predicted octanol–water partition coefficient (Wildman–Crippen LogP) is 4.38. The number of piperazine rings is 1. The number of aryl methyl sites for hydroxylation is 1. The van der Waals surface area contributed by atoms with Gasteiger partial charge in [-0.15, -0.1) is 11.3 Å². The molecule has 0 radical (unpaired) electrons. The van der Waals surface area contributed by atoms with E-state index in [-0.39, 0.29) is 11.7 Å². The second-order valence-corrected chi connectivity index (χ2v) is 9.72. The third kappa shape index (κ3) is 4.85. The van der Waals surface area contributed by atoms with Gasteiger partial charge in [-0.1, -0.05) is 24.3 Å². The second-order valence-electron chi connectivity index (χ2n) is 8.72.